The molecule has 3 aromatic carbocycles. The van der Waals surface area contributed by atoms with Gasteiger partial charge >= 0.3 is 0 Å². The number of para-hydroxylation sites is 1. The summed E-state index contributed by atoms with van der Waals surface area (Å²) in [4.78, 5) is 13.1. The third-order valence-electron chi connectivity index (χ3n) is 4.76. The van der Waals surface area contributed by atoms with Crippen molar-refractivity contribution in [1.82, 2.24) is 0 Å². The van der Waals surface area contributed by atoms with Crippen LogP contribution in [0.2, 0.25) is 5.02 Å². The van der Waals surface area contributed by atoms with Crippen molar-refractivity contribution >= 4 is 33.2 Å². The fourth-order valence-corrected chi connectivity index (χ4v) is 4.84. The van der Waals surface area contributed by atoms with Crippen molar-refractivity contribution in [1.29, 1.82) is 0 Å². The third-order valence-corrected chi connectivity index (χ3v) is 6.82. The zero-order valence-electron chi connectivity index (χ0n) is 17.8. The molecule has 8 heteroatoms. The molecular weight excluding hydrogens is 450 g/mol. The average molecular weight is 474 g/mol. The van der Waals surface area contributed by atoms with Gasteiger partial charge in [0.25, 0.3) is 10.0 Å². The summed E-state index contributed by atoms with van der Waals surface area (Å²) < 4.78 is 38.3. The lowest BCUT2D eigenvalue weighted by Gasteiger charge is -2.23. The number of hydrogen-bond donors (Lipinski definition) is 0. The quantitative estimate of drug-likeness (QED) is 0.397. The molecule has 0 bridgehead atoms. The van der Waals surface area contributed by atoms with E-state index in [1.165, 1.54) is 37.4 Å². The summed E-state index contributed by atoms with van der Waals surface area (Å²) in [5.74, 6) is 0.533. The maximum atomic E-state index is 13.3. The van der Waals surface area contributed by atoms with E-state index >= 15 is 0 Å². The van der Waals surface area contributed by atoms with Gasteiger partial charge in [0.15, 0.2) is 0 Å². The van der Waals surface area contributed by atoms with Gasteiger partial charge in [-0.25, -0.2) is 12.7 Å². The van der Waals surface area contributed by atoms with Gasteiger partial charge in [0, 0.05) is 6.42 Å². The number of aryl methyl sites for hydroxylation is 1. The van der Waals surface area contributed by atoms with Crippen molar-refractivity contribution in [2.75, 3.05) is 18.0 Å². The Hall–Kier alpha value is -3.03. The third kappa shape index (κ3) is 5.41. The van der Waals surface area contributed by atoms with E-state index in [4.69, 9.17) is 21.1 Å². The minimum absolute atomic E-state index is 0.0106. The summed E-state index contributed by atoms with van der Waals surface area (Å²) in [6, 6.07) is 19.8. The average Bonchev–Trinajstić information content (AvgIpc) is 2.78. The van der Waals surface area contributed by atoms with Crippen LogP contribution in [0.25, 0.3) is 0 Å². The molecule has 168 valence electrons. The van der Waals surface area contributed by atoms with E-state index in [0.717, 1.165) is 15.6 Å². The van der Waals surface area contributed by atoms with Crippen LogP contribution < -0.4 is 13.8 Å². The summed E-state index contributed by atoms with van der Waals surface area (Å²) in [5, 5.41) is 0.203. The maximum Gasteiger partial charge on any atom is 0.270 e. The molecule has 0 N–H and O–H groups in total. The fourth-order valence-electron chi connectivity index (χ4n) is 3.12. The summed E-state index contributed by atoms with van der Waals surface area (Å²) in [6.45, 7) is 2.21. The Kier molecular flexibility index (Phi) is 7.77. The van der Waals surface area contributed by atoms with Crippen molar-refractivity contribution in [2.45, 2.75) is 24.7 Å². The monoisotopic (exact) mass is 473 g/mol. The molecule has 3 rings (SSSR count). The summed E-state index contributed by atoms with van der Waals surface area (Å²) >= 11 is 6.21. The molecule has 0 saturated carbocycles. The van der Waals surface area contributed by atoms with Gasteiger partial charge in [0.1, 0.15) is 11.5 Å². The largest absolute Gasteiger partial charge is 0.495 e. The van der Waals surface area contributed by atoms with E-state index in [1.54, 1.807) is 18.2 Å². The first kappa shape index (κ1) is 23.6. The lowest BCUT2D eigenvalue weighted by atomic mass is 10.2. The van der Waals surface area contributed by atoms with Gasteiger partial charge in [0.05, 0.1) is 29.3 Å². The van der Waals surface area contributed by atoms with Crippen molar-refractivity contribution in [3.05, 3.63) is 83.4 Å². The lowest BCUT2D eigenvalue weighted by Crippen LogP contribution is -2.37. The van der Waals surface area contributed by atoms with E-state index < -0.39 is 15.9 Å². The van der Waals surface area contributed by atoms with Gasteiger partial charge in [-0.05, 0) is 55.3 Å². The second-order valence-corrected chi connectivity index (χ2v) is 9.21. The highest BCUT2D eigenvalue weighted by molar-refractivity contribution is 7.93. The zero-order valence-corrected chi connectivity index (χ0v) is 19.4. The first-order valence-electron chi connectivity index (χ1n) is 10.00. The van der Waals surface area contributed by atoms with Gasteiger partial charge in [-0.2, -0.15) is 0 Å². The molecule has 0 aliphatic rings. The number of nitrogens with zero attached hydrogens (tertiary/aromatic N) is 1. The Morgan fingerprint density at radius 1 is 0.969 bits per heavy atom. The van der Waals surface area contributed by atoms with Gasteiger partial charge in [-0.3, -0.25) is 4.79 Å². The molecule has 0 aliphatic heterocycles. The highest BCUT2D eigenvalue weighted by Gasteiger charge is 2.31. The first-order valence-corrected chi connectivity index (χ1v) is 11.8. The number of amides is 1. The molecule has 0 radical (unpaired) electrons. The fraction of sp³-hybridized carbons (Fsp3) is 0.208. The molecule has 1 amide bonds. The number of hydrogen-bond acceptors (Lipinski definition) is 5. The zero-order chi connectivity index (χ0) is 23.1. The Bertz CT molecular complexity index is 1180. The van der Waals surface area contributed by atoms with Gasteiger partial charge in [0.2, 0.25) is 5.91 Å². The molecule has 0 atom stereocenters. The van der Waals surface area contributed by atoms with E-state index in [2.05, 4.69) is 0 Å². The second kappa shape index (κ2) is 10.5. The van der Waals surface area contributed by atoms with E-state index in [1.807, 2.05) is 31.2 Å². The van der Waals surface area contributed by atoms with Crippen LogP contribution in [0.5, 0.6) is 11.5 Å². The van der Waals surface area contributed by atoms with Gasteiger partial charge in [-0.15, -0.1) is 0 Å². The molecule has 0 fully saturated rings. The van der Waals surface area contributed by atoms with Crippen LogP contribution in [0.1, 0.15) is 18.4 Å². The van der Waals surface area contributed by atoms with Crippen LogP contribution in [-0.4, -0.2) is 28.0 Å². The van der Waals surface area contributed by atoms with Crippen molar-refractivity contribution in [3.8, 4) is 11.5 Å². The SMILES string of the molecule is COc1ccc(N(C(=O)CCCOc2ccccc2C)S(=O)(=O)c2ccccc2)cc1Cl. The lowest BCUT2D eigenvalue weighted by molar-refractivity contribution is -0.117. The van der Waals surface area contributed by atoms with E-state index in [0.29, 0.717) is 12.2 Å². The summed E-state index contributed by atoms with van der Waals surface area (Å²) in [6.07, 6.45) is 0.319. The van der Waals surface area contributed by atoms with E-state index in [9.17, 15) is 13.2 Å². The number of rotatable bonds is 9. The maximum absolute atomic E-state index is 13.3. The van der Waals surface area contributed by atoms with Crippen molar-refractivity contribution < 1.29 is 22.7 Å². The van der Waals surface area contributed by atoms with Crippen LogP contribution in [-0.2, 0) is 14.8 Å². The second-order valence-electron chi connectivity index (χ2n) is 7.01. The van der Waals surface area contributed by atoms with Gasteiger partial charge < -0.3 is 9.47 Å². The number of carbonyl (C=O) groups excluding carboxylic acids is 1. The molecule has 3 aromatic rings. The highest BCUT2D eigenvalue weighted by Crippen LogP contribution is 2.32. The molecular formula is C24H24ClNO5S. The number of benzene rings is 3. The standard InChI is InChI=1S/C24H24ClNO5S/c1-18-9-6-7-12-22(18)31-16-8-13-24(27)26(19-14-15-23(30-2)21(25)17-19)32(28,29)20-10-4-3-5-11-20/h3-7,9-12,14-15,17H,8,13,16H2,1-2H3. The van der Waals surface area contributed by atoms with Crippen LogP contribution in [0.15, 0.2) is 77.7 Å². The number of anilines is 1. The molecule has 0 saturated heterocycles. The van der Waals surface area contributed by atoms with E-state index in [-0.39, 0.29) is 28.6 Å². The topological polar surface area (TPSA) is 72.9 Å². The first-order chi connectivity index (χ1) is 15.3. The Morgan fingerprint density at radius 2 is 1.66 bits per heavy atom. The smallest absolute Gasteiger partial charge is 0.270 e. The van der Waals surface area contributed by atoms with Crippen molar-refractivity contribution in [2.24, 2.45) is 0 Å². The molecule has 6 nitrogen and oxygen atoms in total. The Labute approximate surface area is 193 Å². The van der Waals surface area contributed by atoms with Crippen LogP contribution >= 0.6 is 11.6 Å². The minimum Gasteiger partial charge on any atom is -0.495 e. The van der Waals surface area contributed by atoms with Crippen LogP contribution in [0.4, 0.5) is 5.69 Å². The Balaban J connectivity index is 1.83. The molecule has 32 heavy (non-hydrogen) atoms. The Morgan fingerprint density at radius 3 is 2.31 bits per heavy atom. The summed E-state index contributed by atoms with van der Waals surface area (Å²) in [5.41, 5.74) is 1.13. The number of ether oxygens (including phenoxy) is 2. The minimum atomic E-state index is -4.14. The normalized spacial score (nSPS) is 11.1. The number of carbonyl (C=O) groups is 1. The van der Waals surface area contributed by atoms with Gasteiger partial charge in [-0.1, -0.05) is 48.0 Å². The molecule has 0 spiro atoms. The number of halogens is 1. The molecule has 0 heterocycles. The number of methoxy groups -OCH3 is 1. The molecule has 0 aromatic heterocycles. The van der Waals surface area contributed by atoms with Crippen molar-refractivity contribution in [3.63, 3.8) is 0 Å². The number of sulfonamides is 1. The highest BCUT2D eigenvalue weighted by atomic mass is 35.5. The predicted molar refractivity (Wildman–Crippen MR) is 125 cm³/mol. The molecule has 0 aliphatic carbocycles. The summed E-state index contributed by atoms with van der Waals surface area (Å²) in [7, 11) is -2.68. The predicted octanol–water partition coefficient (Wildman–Crippen LogP) is 5.24. The van der Waals surface area contributed by atoms with Crippen LogP contribution in [0, 0.1) is 6.92 Å². The van der Waals surface area contributed by atoms with Crippen LogP contribution in [0.3, 0.4) is 0 Å². The molecule has 0 unspecified atom stereocenters.